The van der Waals surface area contributed by atoms with Crippen LogP contribution in [0.4, 0.5) is 8.78 Å². The molecule has 0 bridgehead atoms. The topological polar surface area (TPSA) is 29.9 Å². The Bertz CT molecular complexity index is 911. The van der Waals surface area contributed by atoms with Crippen molar-refractivity contribution in [3.63, 3.8) is 0 Å². The van der Waals surface area contributed by atoms with Crippen molar-refractivity contribution in [2.24, 2.45) is 0 Å². The van der Waals surface area contributed by atoms with Crippen LogP contribution in [0.1, 0.15) is 17.5 Å². The number of benzene rings is 1. The second-order valence-electron chi connectivity index (χ2n) is 5.84. The summed E-state index contributed by atoms with van der Waals surface area (Å²) >= 11 is 0. The van der Waals surface area contributed by atoms with Gasteiger partial charge in [-0.05, 0) is 30.2 Å². The summed E-state index contributed by atoms with van der Waals surface area (Å²) in [5, 5.41) is 4.36. The van der Waals surface area contributed by atoms with E-state index >= 15 is 0 Å². The highest BCUT2D eigenvalue weighted by Crippen LogP contribution is 2.35. The predicted octanol–water partition coefficient (Wildman–Crippen LogP) is 3.96. The van der Waals surface area contributed by atoms with Gasteiger partial charge in [0.1, 0.15) is 0 Å². The number of pyridine rings is 1. The molecule has 0 fully saturated rings. The van der Waals surface area contributed by atoms with Crippen LogP contribution in [0, 0.1) is 0 Å². The summed E-state index contributed by atoms with van der Waals surface area (Å²) in [6.07, 6.45) is 0.185. The zero-order valence-electron chi connectivity index (χ0n) is 12.6. The van der Waals surface area contributed by atoms with Gasteiger partial charge in [0.2, 0.25) is 6.43 Å². The molecule has 1 aliphatic rings. The molecule has 0 radical (unpaired) electrons. The molecule has 3 aromatic rings. The Labute approximate surface area is 132 Å². The van der Waals surface area contributed by atoms with Crippen LogP contribution in [0.5, 0.6) is 0 Å². The van der Waals surface area contributed by atoms with Crippen molar-refractivity contribution in [2.75, 3.05) is 6.54 Å². The average molecular weight is 313 g/mol. The molecule has 4 rings (SSSR count). The molecular formula is C18H17F2N3. The Morgan fingerprint density at radius 3 is 2.96 bits per heavy atom. The van der Waals surface area contributed by atoms with E-state index in [0.29, 0.717) is 6.54 Å². The fourth-order valence-corrected chi connectivity index (χ4v) is 3.51. The molecule has 0 amide bonds. The van der Waals surface area contributed by atoms with Crippen LogP contribution < -0.4 is 5.32 Å². The monoisotopic (exact) mass is 313 g/mol. The zero-order chi connectivity index (χ0) is 16.0. The quantitative estimate of drug-likeness (QED) is 0.793. The van der Waals surface area contributed by atoms with Gasteiger partial charge in [0.05, 0.1) is 16.6 Å². The molecule has 2 aromatic heterocycles. The summed E-state index contributed by atoms with van der Waals surface area (Å²) in [6.45, 7) is 5.20. The maximum atomic E-state index is 12.7. The normalized spacial score (nSPS) is 14.5. The summed E-state index contributed by atoms with van der Waals surface area (Å²) in [5.74, 6) is 0. The fraction of sp³-hybridized carbons (Fsp3) is 0.278. The molecule has 3 nitrogen and oxygen atoms in total. The average Bonchev–Trinajstić information content (AvgIpc) is 2.87. The third-order valence-corrected chi connectivity index (χ3v) is 4.51. The van der Waals surface area contributed by atoms with Crippen LogP contribution >= 0.6 is 0 Å². The Morgan fingerprint density at radius 2 is 2.13 bits per heavy atom. The molecule has 5 heteroatoms. The van der Waals surface area contributed by atoms with Crippen LogP contribution in [0.3, 0.4) is 0 Å². The van der Waals surface area contributed by atoms with E-state index in [1.165, 1.54) is 5.56 Å². The van der Waals surface area contributed by atoms with Gasteiger partial charge >= 0.3 is 0 Å². The number of nitrogens with zero attached hydrogens (tertiary/aromatic N) is 2. The van der Waals surface area contributed by atoms with E-state index in [2.05, 4.69) is 16.9 Å². The van der Waals surface area contributed by atoms with Crippen molar-refractivity contribution in [1.29, 1.82) is 0 Å². The molecule has 0 spiro atoms. The number of hydrogen-bond donors (Lipinski definition) is 1. The van der Waals surface area contributed by atoms with Crippen molar-refractivity contribution < 1.29 is 8.78 Å². The van der Waals surface area contributed by atoms with Gasteiger partial charge in [0.15, 0.2) is 0 Å². The molecule has 118 valence electrons. The lowest BCUT2D eigenvalue weighted by Gasteiger charge is -2.21. The summed E-state index contributed by atoms with van der Waals surface area (Å²) in [4.78, 5) is 4.53. The van der Waals surface area contributed by atoms with Crippen molar-refractivity contribution in [3.05, 3.63) is 48.2 Å². The van der Waals surface area contributed by atoms with E-state index in [9.17, 15) is 8.78 Å². The Morgan fingerprint density at radius 1 is 1.26 bits per heavy atom. The summed E-state index contributed by atoms with van der Waals surface area (Å²) in [7, 11) is 0. The molecular weight excluding hydrogens is 296 g/mol. The van der Waals surface area contributed by atoms with Gasteiger partial charge in [0.25, 0.3) is 0 Å². The Balaban J connectivity index is 2.03. The number of nitrogens with one attached hydrogen (secondary N) is 1. The zero-order valence-corrected chi connectivity index (χ0v) is 12.6. The van der Waals surface area contributed by atoms with Gasteiger partial charge in [-0.25, -0.2) is 8.78 Å². The molecule has 23 heavy (non-hydrogen) atoms. The highest BCUT2D eigenvalue weighted by atomic mass is 19.3. The van der Waals surface area contributed by atoms with Crippen LogP contribution in [0.2, 0.25) is 0 Å². The van der Waals surface area contributed by atoms with Crippen molar-refractivity contribution in [2.45, 2.75) is 25.8 Å². The van der Waals surface area contributed by atoms with Gasteiger partial charge in [0, 0.05) is 42.4 Å². The summed E-state index contributed by atoms with van der Waals surface area (Å²) in [5.41, 5.74) is 6.02. The first-order valence-electron chi connectivity index (χ1n) is 7.77. The Hall–Kier alpha value is -2.43. The fourth-order valence-electron chi connectivity index (χ4n) is 3.51. The van der Waals surface area contributed by atoms with Crippen LogP contribution in [-0.4, -0.2) is 22.5 Å². The number of halogens is 2. The molecule has 0 atom stereocenters. The van der Waals surface area contributed by atoms with E-state index in [1.807, 2.05) is 28.8 Å². The summed E-state index contributed by atoms with van der Waals surface area (Å²) in [6, 6.07) is 7.84. The highest BCUT2D eigenvalue weighted by Gasteiger charge is 2.21. The standard InChI is InChI=1S/C18H17F2N3/c1-11-12-4-5-14-17(13(12)6-9-21-11)18-15(3-2-8-22-18)23(14)10-7-16(19)20/h2-5,8,16,21H,1,6-7,9-10H2. The summed E-state index contributed by atoms with van der Waals surface area (Å²) < 4.78 is 27.4. The predicted molar refractivity (Wildman–Crippen MR) is 88.6 cm³/mol. The maximum absolute atomic E-state index is 12.7. The number of rotatable bonds is 3. The van der Waals surface area contributed by atoms with Crippen molar-refractivity contribution in [1.82, 2.24) is 14.9 Å². The Kier molecular flexibility index (Phi) is 3.29. The van der Waals surface area contributed by atoms with Gasteiger partial charge < -0.3 is 9.88 Å². The molecule has 0 saturated carbocycles. The van der Waals surface area contributed by atoms with Crippen LogP contribution in [0.15, 0.2) is 37.0 Å². The lowest BCUT2D eigenvalue weighted by Crippen LogP contribution is -2.22. The van der Waals surface area contributed by atoms with Crippen molar-refractivity contribution >= 4 is 27.6 Å². The molecule has 3 heterocycles. The second-order valence-corrected chi connectivity index (χ2v) is 5.84. The minimum Gasteiger partial charge on any atom is -0.385 e. The third-order valence-electron chi connectivity index (χ3n) is 4.51. The second kappa shape index (κ2) is 5.33. The largest absolute Gasteiger partial charge is 0.385 e. The van der Waals surface area contributed by atoms with Crippen molar-refractivity contribution in [3.8, 4) is 0 Å². The van der Waals surface area contributed by atoms with Gasteiger partial charge in [-0.1, -0.05) is 12.6 Å². The number of hydrogen-bond acceptors (Lipinski definition) is 2. The van der Waals surface area contributed by atoms with Crippen LogP contribution in [0.25, 0.3) is 27.6 Å². The number of aromatic nitrogens is 2. The molecule has 1 aliphatic heterocycles. The van der Waals surface area contributed by atoms with E-state index in [1.54, 1.807) is 6.20 Å². The van der Waals surface area contributed by atoms with Crippen LogP contribution in [-0.2, 0) is 13.0 Å². The van der Waals surface area contributed by atoms with E-state index in [4.69, 9.17) is 0 Å². The first kappa shape index (κ1) is 14.2. The molecule has 1 aromatic carbocycles. The number of alkyl halides is 2. The van der Waals surface area contributed by atoms with E-state index in [0.717, 1.165) is 46.2 Å². The number of fused-ring (bicyclic) bond motifs is 5. The minimum atomic E-state index is -2.30. The van der Waals surface area contributed by atoms with E-state index < -0.39 is 6.43 Å². The first-order valence-corrected chi connectivity index (χ1v) is 7.77. The highest BCUT2D eigenvalue weighted by molar-refractivity contribution is 6.09. The third kappa shape index (κ3) is 2.19. The molecule has 0 saturated heterocycles. The molecule has 0 unspecified atom stereocenters. The minimum absolute atomic E-state index is 0.154. The van der Waals surface area contributed by atoms with E-state index in [-0.39, 0.29) is 6.42 Å². The first-order chi connectivity index (χ1) is 11.2. The SMILES string of the molecule is C=C1NCCc2c1ccc1c2c2ncccc2n1CCC(F)F. The van der Waals surface area contributed by atoms with Gasteiger partial charge in [-0.3, -0.25) is 4.98 Å². The molecule has 1 N–H and O–H groups in total. The van der Waals surface area contributed by atoms with Gasteiger partial charge in [-0.15, -0.1) is 0 Å². The lowest BCUT2D eigenvalue weighted by atomic mass is 9.95. The van der Waals surface area contributed by atoms with Gasteiger partial charge in [-0.2, -0.15) is 0 Å². The number of aryl methyl sites for hydroxylation is 1. The lowest BCUT2D eigenvalue weighted by molar-refractivity contribution is 0.132. The molecule has 0 aliphatic carbocycles. The smallest absolute Gasteiger partial charge is 0.240 e. The maximum Gasteiger partial charge on any atom is 0.240 e.